The predicted octanol–water partition coefficient (Wildman–Crippen LogP) is 3.16. The molecule has 1 fully saturated rings. The summed E-state index contributed by atoms with van der Waals surface area (Å²) in [6.45, 7) is 1.13. The molecule has 0 atom stereocenters. The molecule has 0 aliphatic carbocycles. The SMILES string of the molecule is O=C(c1cc(S(=O)(=O)Cl)ccc1F)N1CCCCCCC1. The summed E-state index contributed by atoms with van der Waals surface area (Å²) < 4.78 is 36.5. The molecule has 2 rings (SSSR count). The fourth-order valence-electron chi connectivity index (χ4n) is 2.44. The summed E-state index contributed by atoms with van der Waals surface area (Å²) in [5.74, 6) is -1.21. The molecule has 0 spiro atoms. The topological polar surface area (TPSA) is 54.5 Å². The molecule has 1 aromatic rings. The number of hydrogen-bond donors (Lipinski definition) is 0. The molecule has 0 radical (unpaired) electrons. The van der Waals surface area contributed by atoms with Gasteiger partial charge >= 0.3 is 0 Å². The molecule has 0 saturated carbocycles. The molecule has 116 valence electrons. The second kappa shape index (κ2) is 6.75. The van der Waals surface area contributed by atoms with E-state index in [0.717, 1.165) is 50.3 Å². The van der Waals surface area contributed by atoms with Gasteiger partial charge in [0.1, 0.15) is 5.82 Å². The maximum absolute atomic E-state index is 13.9. The third-order valence-electron chi connectivity index (χ3n) is 3.59. The number of benzene rings is 1. The number of hydrogen-bond acceptors (Lipinski definition) is 3. The van der Waals surface area contributed by atoms with Crippen molar-refractivity contribution in [3.63, 3.8) is 0 Å². The van der Waals surface area contributed by atoms with Gasteiger partial charge in [-0.25, -0.2) is 12.8 Å². The molecule has 0 unspecified atom stereocenters. The first-order valence-corrected chi connectivity index (χ1v) is 9.24. The van der Waals surface area contributed by atoms with E-state index in [9.17, 15) is 17.6 Å². The van der Waals surface area contributed by atoms with Crippen molar-refractivity contribution in [3.05, 3.63) is 29.6 Å². The first-order valence-electron chi connectivity index (χ1n) is 6.93. The molecule has 1 aliphatic heterocycles. The van der Waals surface area contributed by atoms with Crippen LogP contribution in [0.1, 0.15) is 42.5 Å². The monoisotopic (exact) mass is 333 g/mol. The zero-order valence-corrected chi connectivity index (χ0v) is 13.1. The van der Waals surface area contributed by atoms with E-state index in [-0.39, 0.29) is 10.5 Å². The molecule has 1 heterocycles. The van der Waals surface area contributed by atoms with E-state index in [2.05, 4.69) is 0 Å². The van der Waals surface area contributed by atoms with Crippen LogP contribution in [-0.2, 0) is 9.05 Å². The molecule has 0 aromatic heterocycles. The van der Waals surface area contributed by atoms with Crippen LogP contribution in [0.4, 0.5) is 4.39 Å². The number of halogens is 2. The van der Waals surface area contributed by atoms with Gasteiger partial charge in [0.05, 0.1) is 10.5 Å². The third kappa shape index (κ3) is 4.17. The standard InChI is InChI=1S/C14H17ClFNO3S/c15-21(19,20)11-6-7-13(16)12(10-11)14(18)17-8-4-2-1-3-5-9-17/h6-7,10H,1-5,8-9H2. The van der Waals surface area contributed by atoms with Gasteiger partial charge in [0.25, 0.3) is 15.0 Å². The minimum absolute atomic E-state index is 0.239. The maximum Gasteiger partial charge on any atom is 0.261 e. The van der Waals surface area contributed by atoms with Gasteiger partial charge in [-0.05, 0) is 31.0 Å². The van der Waals surface area contributed by atoms with Crippen molar-refractivity contribution in [2.75, 3.05) is 13.1 Å². The van der Waals surface area contributed by atoms with Crippen LogP contribution in [0, 0.1) is 5.82 Å². The van der Waals surface area contributed by atoms with Crippen LogP contribution in [0.2, 0.25) is 0 Å². The second-order valence-electron chi connectivity index (χ2n) is 5.14. The fourth-order valence-corrected chi connectivity index (χ4v) is 3.22. The fraction of sp³-hybridized carbons (Fsp3) is 0.500. The van der Waals surface area contributed by atoms with E-state index >= 15 is 0 Å². The summed E-state index contributed by atoms with van der Waals surface area (Å²) in [5, 5.41) is 0. The van der Waals surface area contributed by atoms with Gasteiger partial charge in [0, 0.05) is 23.8 Å². The number of rotatable bonds is 2. The summed E-state index contributed by atoms with van der Waals surface area (Å²) in [7, 11) is 1.26. The Morgan fingerprint density at radius 1 is 1.10 bits per heavy atom. The molecule has 4 nitrogen and oxygen atoms in total. The molecule has 21 heavy (non-hydrogen) atoms. The van der Waals surface area contributed by atoms with Gasteiger partial charge in [0.2, 0.25) is 0 Å². The minimum atomic E-state index is -3.98. The number of amides is 1. The van der Waals surface area contributed by atoms with E-state index in [1.165, 1.54) is 0 Å². The highest BCUT2D eigenvalue weighted by atomic mass is 35.7. The van der Waals surface area contributed by atoms with Gasteiger partial charge in [-0.2, -0.15) is 0 Å². The van der Waals surface area contributed by atoms with Crippen molar-refractivity contribution in [2.24, 2.45) is 0 Å². The van der Waals surface area contributed by atoms with Crippen LogP contribution >= 0.6 is 10.7 Å². The number of likely N-dealkylation sites (tertiary alicyclic amines) is 1. The lowest BCUT2D eigenvalue weighted by molar-refractivity contribution is 0.0737. The Hall–Kier alpha value is -1.14. The summed E-state index contributed by atoms with van der Waals surface area (Å²) in [4.78, 5) is 13.7. The smallest absolute Gasteiger partial charge is 0.261 e. The Kier molecular flexibility index (Phi) is 5.22. The van der Waals surface area contributed by atoms with E-state index in [1.807, 2.05) is 0 Å². The van der Waals surface area contributed by atoms with Crippen molar-refractivity contribution in [1.29, 1.82) is 0 Å². The van der Waals surface area contributed by atoms with Gasteiger partial charge in [-0.1, -0.05) is 19.3 Å². The zero-order valence-electron chi connectivity index (χ0n) is 11.5. The largest absolute Gasteiger partial charge is 0.339 e. The van der Waals surface area contributed by atoms with Crippen LogP contribution in [0.3, 0.4) is 0 Å². The summed E-state index contributed by atoms with van der Waals surface area (Å²) in [6, 6.07) is 3.03. The highest BCUT2D eigenvalue weighted by molar-refractivity contribution is 8.13. The third-order valence-corrected chi connectivity index (χ3v) is 4.94. The molecule has 7 heteroatoms. The summed E-state index contributed by atoms with van der Waals surface area (Å²) in [6.07, 6.45) is 4.99. The van der Waals surface area contributed by atoms with Gasteiger partial charge in [-0.3, -0.25) is 4.79 Å². The van der Waals surface area contributed by atoms with Crippen LogP contribution in [-0.4, -0.2) is 32.3 Å². The van der Waals surface area contributed by atoms with Gasteiger partial charge in [0.15, 0.2) is 0 Å². The van der Waals surface area contributed by atoms with E-state index in [0.29, 0.717) is 13.1 Å². The van der Waals surface area contributed by atoms with Gasteiger partial charge < -0.3 is 4.90 Å². The first kappa shape index (κ1) is 16.2. The highest BCUT2D eigenvalue weighted by Crippen LogP contribution is 2.21. The minimum Gasteiger partial charge on any atom is -0.339 e. The molecular weight excluding hydrogens is 317 g/mol. The normalized spacial score (nSPS) is 17.1. The Balaban J connectivity index is 2.29. The predicted molar refractivity (Wildman–Crippen MR) is 78.4 cm³/mol. The van der Waals surface area contributed by atoms with Crippen molar-refractivity contribution >= 4 is 25.6 Å². The molecule has 1 amide bonds. The van der Waals surface area contributed by atoms with Crippen molar-refractivity contribution in [2.45, 2.75) is 37.0 Å². The zero-order chi connectivity index (χ0) is 15.5. The van der Waals surface area contributed by atoms with Gasteiger partial charge in [-0.15, -0.1) is 0 Å². The Bertz CT molecular complexity index is 625. The van der Waals surface area contributed by atoms with Crippen LogP contribution < -0.4 is 0 Å². The van der Waals surface area contributed by atoms with Crippen molar-refractivity contribution < 1.29 is 17.6 Å². The van der Waals surface area contributed by atoms with E-state index < -0.39 is 20.8 Å². The average Bonchev–Trinajstić information content (AvgIpc) is 2.36. The van der Waals surface area contributed by atoms with Crippen LogP contribution in [0.25, 0.3) is 0 Å². The second-order valence-corrected chi connectivity index (χ2v) is 7.71. The lowest BCUT2D eigenvalue weighted by Crippen LogP contribution is -2.34. The lowest BCUT2D eigenvalue weighted by atomic mass is 10.1. The van der Waals surface area contributed by atoms with E-state index in [4.69, 9.17) is 10.7 Å². The summed E-state index contributed by atoms with van der Waals surface area (Å²) in [5.41, 5.74) is -0.239. The Labute approximate surface area is 128 Å². The maximum atomic E-state index is 13.9. The molecule has 1 aliphatic rings. The molecule has 0 N–H and O–H groups in total. The Morgan fingerprint density at radius 3 is 2.24 bits per heavy atom. The van der Waals surface area contributed by atoms with Crippen molar-refractivity contribution in [3.8, 4) is 0 Å². The van der Waals surface area contributed by atoms with Crippen LogP contribution in [0.15, 0.2) is 23.1 Å². The number of nitrogens with zero attached hydrogens (tertiary/aromatic N) is 1. The van der Waals surface area contributed by atoms with Crippen LogP contribution in [0.5, 0.6) is 0 Å². The lowest BCUT2D eigenvalue weighted by Gasteiger charge is -2.25. The molecular formula is C14H17ClFNO3S. The first-order chi connectivity index (χ1) is 9.89. The average molecular weight is 334 g/mol. The number of carbonyl (C=O) groups excluding carboxylic acids is 1. The molecule has 1 saturated heterocycles. The molecule has 1 aromatic carbocycles. The quantitative estimate of drug-likeness (QED) is 0.781. The van der Waals surface area contributed by atoms with E-state index in [1.54, 1.807) is 4.90 Å². The highest BCUT2D eigenvalue weighted by Gasteiger charge is 2.22. The number of carbonyl (C=O) groups is 1. The Morgan fingerprint density at radius 2 is 1.67 bits per heavy atom. The molecule has 0 bridgehead atoms. The summed E-state index contributed by atoms with van der Waals surface area (Å²) >= 11 is 0. The van der Waals surface area contributed by atoms with Crippen molar-refractivity contribution in [1.82, 2.24) is 4.90 Å².